The molecule has 2 aromatic heterocycles. The van der Waals surface area contributed by atoms with Crippen molar-refractivity contribution >= 4 is 22.7 Å². The Morgan fingerprint density at radius 2 is 2.17 bits per heavy atom. The van der Waals surface area contributed by atoms with E-state index in [0.29, 0.717) is 10.7 Å². The van der Waals surface area contributed by atoms with Gasteiger partial charge in [-0.1, -0.05) is 17.7 Å². The van der Waals surface area contributed by atoms with Gasteiger partial charge >= 0.3 is 0 Å². The topological polar surface area (TPSA) is 47.3 Å². The zero-order valence-electron chi connectivity index (χ0n) is 9.77. The van der Waals surface area contributed by atoms with Crippen molar-refractivity contribution in [2.75, 3.05) is 0 Å². The van der Waals surface area contributed by atoms with E-state index >= 15 is 0 Å². The van der Waals surface area contributed by atoms with Crippen LogP contribution in [0.1, 0.15) is 31.2 Å². The van der Waals surface area contributed by atoms with Crippen LogP contribution in [-0.2, 0) is 0 Å². The molecule has 0 aliphatic heterocycles. The van der Waals surface area contributed by atoms with Crippen molar-refractivity contribution in [2.24, 2.45) is 0 Å². The molecule has 0 spiro atoms. The molecular formula is C13H12ClN3O. The van der Waals surface area contributed by atoms with E-state index in [2.05, 4.69) is 16.2 Å². The van der Waals surface area contributed by atoms with Gasteiger partial charge < -0.3 is 0 Å². The molecule has 1 aliphatic rings. The first-order valence-corrected chi connectivity index (χ1v) is 6.37. The molecular weight excluding hydrogens is 250 g/mol. The van der Waals surface area contributed by atoms with Crippen LogP contribution in [0, 0.1) is 0 Å². The molecule has 3 rings (SSSR count). The summed E-state index contributed by atoms with van der Waals surface area (Å²) in [5.41, 5.74) is 2.34. The Hall–Kier alpha value is -1.68. The van der Waals surface area contributed by atoms with Crippen molar-refractivity contribution in [1.29, 1.82) is 0 Å². The maximum atomic E-state index is 12.0. The maximum absolute atomic E-state index is 12.0. The summed E-state index contributed by atoms with van der Waals surface area (Å²) < 4.78 is 1.56. The summed E-state index contributed by atoms with van der Waals surface area (Å²) in [6.45, 7) is 0. The molecule has 5 heteroatoms. The number of hydrogen-bond acceptors (Lipinski definition) is 3. The molecule has 0 fully saturated rings. The SMILES string of the molecule is O=c1ncn2nc(Cl)ccc2c1C1=CCCCC1. The molecule has 4 nitrogen and oxygen atoms in total. The van der Waals surface area contributed by atoms with Crippen LogP contribution >= 0.6 is 11.6 Å². The minimum Gasteiger partial charge on any atom is -0.267 e. The van der Waals surface area contributed by atoms with Gasteiger partial charge in [-0.3, -0.25) is 4.79 Å². The predicted molar refractivity (Wildman–Crippen MR) is 70.7 cm³/mol. The van der Waals surface area contributed by atoms with Gasteiger partial charge in [0.1, 0.15) is 11.5 Å². The smallest absolute Gasteiger partial charge is 0.267 e. The third-order valence-electron chi connectivity index (χ3n) is 3.20. The second kappa shape index (κ2) is 4.53. The second-order valence-corrected chi connectivity index (χ2v) is 4.77. The number of nitrogens with zero attached hydrogens (tertiary/aromatic N) is 3. The predicted octanol–water partition coefficient (Wildman–Crippen LogP) is 2.70. The summed E-state index contributed by atoms with van der Waals surface area (Å²) in [5.74, 6) is 0. The van der Waals surface area contributed by atoms with Gasteiger partial charge in [-0.15, -0.1) is 0 Å². The van der Waals surface area contributed by atoms with Crippen molar-refractivity contribution in [3.8, 4) is 0 Å². The number of halogens is 1. The van der Waals surface area contributed by atoms with Crippen LogP contribution in [0.4, 0.5) is 0 Å². The summed E-state index contributed by atoms with van der Waals surface area (Å²) in [7, 11) is 0. The van der Waals surface area contributed by atoms with Gasteiger partial charge in [0.25, 0.3) is 5.56 Å². The summed E-state index contributed by atoms with van der Waals surface area (Å²) in [4.78, 5) is 15.9. The highest BCUT2D eigenvalue weighted by atomic mass is 35.5. The van der Waals surface area contributed by atoms with Crippen LogP contribution in [0.25, 0.3) is 11.1 Å². The molecule has 0 bridgehead atoms. The van der Waals surface area contributed by atoms with Gasteiger partial charge in [0.05, 0.1) is 11.1 Å². The number of allylic oxidation sites excluding steroid dienone is 2. The molecule has 2 heterocycles. The van der Waals surface area contributed by atoms with E-state index in [1.807, 2.05) is 6.07 Å². The molecule has 18 heavy (non-hydrogen) atoms. The van der Waals surface area contributed by atoms with Crippen molar-refractivity contribution in [2.45, 2.75) is 25.7 Å². The third-order valence-corrected chi connectivity index (χ3v) is 3.40. The van der Waals surface area contributed by atoms with Crippen LogP contribution in [-0.4, -0.2) is 14.6 Å². The fourth-order valence-electron chi connectivity index (χ4n) is 2.35. The summed E-state index contributed by atoms with van der Waals surface area (Å²) in [5, 5.41) is 4.51. The Bertz CT molecular complexity index is 690. The van der Waals surface area contributed by atoms with E-state index in [9.17, 15) is 4.79 Å². The minimum atomic E-state index is -0.188. The Kier molecular flexibility index (Phi) is 2.88. The zero-order chi connectivity index (χ0) is 12.5. The van der Waals surface area contributed by atoms with Crippen LogP contribution in [0.5, 0.6) is 0 Å². The van der Waals surface area contributed by atoms with Gasteiger partial charge in [-0.2, -0.15) is 10.1 Å². The quantitative estimate of drug-likeness (QED) is 0.793. The standard InChI is InChI=1S/C13H12ClN3O/c14-11-7-6-10-12(9-4-2-1-3-5-9)13(18)15-8-17(10)16-11/h4,6-8H,1-3,5H2. The fraction of sp³-hybridized carbons (Fsp3) is 0.308. The Labute approximate surface area is 109 Å². The average Bonchev–Trinajstić information content (AvgIpc) is 2.40. The van der Waals surface area contributed by atoms with Crippen LogP contribution < -0.4 is 5.56 Å². The van der Waals surface area contributed by atoms with Crippen LogP contribution in [0.2, 0.25) is 5.15 Å². The molecule has 0 radical (unpaired) electrons. The summed E-state index contributed by atoms with van der Waals surface area (Å²) in [6, 6.07) is 3.52. The molecule has 92 valence electrons. The number of hydrogen-bond donors (Lipinski definition) is 0. The molecule has 0 N–H and O–H groups in total. The Morgan fingerprint density at radius 1 is 1.28 bits per heavy atom. The third kappa shape index (κ3) is 1.93. The highest BCUT2D eigenvalue weighted by Crippen LogP contribution is 2.27. The van der Waals surface area contributed by atoms with E-state index < -0.39 is 0 Å². The lowest BCUT2D eigenvalue weighted by atomic mass is 9.94. The lowest BCUT2D eigenvalue weighted by Crippen LogP contribution is -2.16. The normalized spacial score (nSPS) is 15.7. The van der Waals surface area contributed by atoms with E-state index in [1.165, 1.54) is 12.7 Å². The van der Waals surface area contributed by atoms with Gasteiger partial charge in [0.15, 0.2) is 0 Å². The first-order valence-electron chi connectivity index (χ1n) is 5.99. The maximum Gasteiger partial charge on any atom is 0.280 e. The molecule has 0 unspecified atom stereocenters. The van der Waals surface area contributed by atoms with E-state index in [0.717, 1.165) is 30.4 Å². The van der Waals surface area contributed by atoms with Gasteiger partial charge in [0, 0.05) is 0 Å². The lowest BCUT2D eigenvalue weighted by molar-refractivity contribution is 0.740. The lowest BCUT2D eigenvalue weighted by Gasteiger charge is -2.13. The van der Waals surface area contributed by atoms with Crippen molar-refractivity contribution in [3.63, 3.8) is 0 Å². The van der Waals surface area contributed by atoms with Crippen LogP contribution in [0.3, 0.4) is 0 Å². The highest BCUT2D eigenvalue weighted by Gasteiger charge is 2.14. The number of aromatic nitrogens is 3. The largest absolute Gasteiger partial charge is 0.280 e. The first-order chi connectivity index (χ1) is 8.75. The highest BCUT2D eigenvalue weighted by molar-refractivity contribution is 6.29. The summed E-state index contributed by atoms with van der Waals surface area (Å²) in [6.07, 6.45) is 7.81. The Morgan fingerprint density at radius 3 is 2.94 bits per heavy atom. The van der Waals surface area contributed by atoms with Gasteiger partial charge in [-0.05, 0) is 43.4 Å². The second-order valence-electron chi connectivity index (χ2n) is 4.39. The molecule has 0 amide bonds. The molecule has 0 saturated heterocycles. The van der Waals surface area contributed by atoms with Crippen molar-refractivity contribution in [3.05, 3.63) is 45.6 Å². The number of fused-ring (bicyclic) bond motifs is 1. The van der Waals surface area contributed by atoms with Crippen molar-refractivity contribution < 1.29 is 0 Å². The van der Waals surface area contributed by atoms with E-state index in [-0.39, 0.29) is 5.56 Å². The molecule has 0 atom stereocenters. The zero-order valence-corrected chi connectivity index (χ0v) is 10.5. The summed E-state index contributed by atoms with van der Waals surface area (Å²) >= 11 is 5.84. The molecule has 0 saturated carbocycles. The minimum absolute atomic E-state index is 0.188. The number of rotatable bonds is 1. The average molecular weight is 262 g/mol. The monoisotopic (exact) mass is 261 g/mol. The van der Waals surface area contributed by atoms with Crippen LogP contribution in [0.15, 0.2) is 29.3 Å². The Balaban J connectivity index is 2.29. The molecule has 1 aliphatic carbocycles. The van der Waals surface area contributed by atoms with Gasteiger partial charge in [0.2, 0.25) is 0 Å². The van der Waals surface area contributed by atoms with E-state index in [1.54, 1.807) is 10.6 Å². The van der Waals surface area contributed by atoms with E-state index in [4.69, 9.17) is 11.6 Å². The van der Waals surface area contributed by atoms with Crippen molar-refractivity contribution in [1.82, 2.24) is 14.6 Å². The fourth-order valence-corrected chi connectivity index (χ4v) is 2.49. The first kappa shape index (κ1) is 11.4. The van der Waals surface area contributed by atoms with Gasteiger partial charge in [-0.25, -0.2) is 4.52 Å². The molecule has 2 aromatic rings. The molecule has 0 aromatic carbocycles.